The summed E-state index contributed by atoms with van der Waals surface area (Å²) in [5, 5.41) is 0. The second kappa shape index (κ2) is 7.79. The number of carbonyl (C=O) groups is 1. The molecule has 2 heterocycles. The SMILES string of the molecule is O=CCCCN(Cc1nc2ccccc2[nH]1)[C@H]1CCCc2cccnc21. The van der Waals surface area contributed by atoms with Crippen molar-refractivity contribution < 1.29 is 4.79 Å². The minimum Gasteiger partial charge on any atom is -0.341 e. The number of para-hydroxylation sites is 2. The van der Waals surface area contributed by atoms with Crippen molar-refractivity contribution in [3.63, 3.8) is 0 Å². The third-order valence-corrected chi connectivity index (χ3v) is 5.16. The highest BCUT2D eigenvalue weighted by Crippen LogP contribution is 2.33. The van der Waals surface area contributed by atoms with Crippen molar-refractivity contribution in [2.45, 2.75) is 44.7 Å². The van der Waals surface area contributed by atoms with E-state index in [-0.39, 0.29) is 0 Å². The van der Waals surface area contributed by atoms with Crippen molar-refractivity contribution in [1.82, 2.24) is 19.9 Å². The van der Waals surface area contributed by atoms with Crippen LogP contribution < -0.4 is 0 Å². The molecule has 5 nitrogen and oxygen atoms in total. The molecule has 0 saturated carbocycles. The zero-order valence-corrected chi connectivity index (χ0v) is 14.9. The number of hydrogen-bond acceptors (Lipinski definition) is 4. The maximum absolute atomic E-state index is 10.8. The third-order valence-electron chi connectivity index (χ3n) is 5.16. The summed E-state index contributed by atoms with van der Waals surface area (Å²) in [6, 6.07) is 12.6. The number of H-pyrrole nitrogens is 1. The summed E-state index contributed by atoms with van der Waals surface area (Å²) in [4.78, 5) is 26.1. The third kappa shape index (κ3) is 3.53. The van der Waals surface area contributed by atoms with Gasteiger partial charge in [-0.3, -0.25) is 9.88 Å². The molecule has 0 fully saturated rings. The molecule has 134 valence electrons. The average Bonchev–Trinajstić information content (AvgIpc) is 3.09. The van der Waals surface area contributed by atoms with Crippen molar-refractivity contribution in [2.75, 3.05) is 6.54 Å². The Morgan fingerprint density at radius 3 is 3.04 bits per heavy atom. The number of rotatable bonds is 7. The van der Waals surface area contributed by atoms with Gasteiger partial charge in [0.2, 0.25) is 0 Å². The number of aromatic amines is 1. The molecule has 1 aliphatic carbocycles. The van der Waals surface area contributed by atoms with E-state index in [9.17, 15) is 4.79 Å². The standard InChI is InChI=1S/C21H24N4O/c26-14-4-3-13-25(15-20-23-17-9-1-2-10-18(17)24-20)19-11-5-7-16-8-6-12-22-21(16)19/h1-2,6,8-10,12,14,19H,3-5,7,11,13,15H2,(H,23,24)/t19-/m0/s1. The maximum atomic E-state index is 10.8. The fourth-order valence-corrected chi connectivity index (χ4v) is 3.94. The fraction of sp³-hybridized carbons (Fsp3) is 0.381. The molecule has 1 atom stereocenters. The Labute approximate surface area is 153 Å². The number of benzene rings is 1. The van der Waals surface area contributed by atoms with Gasteiger partial charge in [-0.2, -0.15) is 0 Å². The Bertz CT molecular complexity index is 855. The highest BCUT2D eigenvalue weighted by molar-refractivity contribution is 5.74. The number of nitrogens with zero attached hydrogens (tertiary/aromatic N) is 3. The lowest BCUT2D eigenvalue weighted by atomic mass is 9.90. The molecule has 1 N–H and O–H groups in total. The van der Waals surface area contributed by atoms with E-state index in [1.165, 1.54) is 17.7 Å². The number of unbranched alkanes of at least 4 members (excludes halogenated alkanes) is 1. The first kappa shape index (κ1) is 16.9. The van der Waals surface area contributed by atoms with Gasteiger partial charge in [0.05, 0.1) is 29.3 Å². The fourth-order valence-electron chi connectivity index (χ4n) is 3.94. The lowest BCUT2D eigenvalue weighted by Crippen LogP contribution is -2.33. The number of aromatic nitrogens is 3. The molecule has 0 radical (unpaired) electrons. The summed E-state index contributed by atoms with van der Waals surface area (Å²) in [6.07, 6.45) is 7.74. The minimum absolute atomic E-state index is 0.291. The van der Waals surface area contributed by atoms with Gasteiger partial charge in [0.1, 0.15) is 12.1 Å². The van der Waals surface area contributed by atoms with E-state index in [1.807, 2.05) is 30.5 Å². The second-order valence-corrected chi connectivity index (χ2v) is 6.94. The van der Waals surface area contributed by atoms with Crippen LogP contribution in [0.25, 0.3) is 11.0 Å². The van der Waals surface area contributed by atoms with E-state index < -0.39 is 0 Å². The monoisotopic (exact) mass is 348 g/mol. The number of carbonyl (C=O) groups excluding carboxylic acids is 1. The van der Waals surface area contributed by atoms with Crippen LogP contribution in [0.1, 0.15) is 48.8 Å². The van der Waals surface area contributed by atoms with Crippen LogP contribution in [0.5, 0.6) is 0 Å². The van der Waals surface area contributed by atoms with Crippen LogP contribution in [-0.2, 0) is 17.8 Å². The van der Waals surface area contributed by atoms with E-state index >= 15 is 0 Å². The molecule has 0 spiro atoms. The summed E-state index contributed by atoms with van der Waals surface area (Å²) >= 11 is 0. The molecule has 4 rings (SSSR count). The van der Waals surface area contributed by atoms with Gasteiger partial charge in [0.15, 0.2) is 0 Å². The number of aryl methyl sites for hydroxylation is 1. The van der Waals surface area contributed by atoms with Crippen molar-refractivity contribution >= 4 is 17.3 Å². The number of imidazole rings is 1. The summed E-state index contributed by atoms with van der Waals surface area (Å²) in [5.41, 5.74) is 4.62. The first-order valence-corrected chi connectivity index (χ1v) is 9.40. The number of nitrogens with one attached hydrogen (secondary N) is 1. The van der Waals surface area contributed by atoms with Crippen molar-refractivity contribution in [1.29, 1.82) is 0 Å². The van der Waals surface area contributed by atoms with Gasteiger partial charge in [-0.1, -0.05) is 18.2 Å². The Hall–Kier alpha value is -2.53. The van der Waals surface area contributed by atoms with E-state index in [0.29, 0.717) is 12.5 Å². The predicted octanol–water partition coefficient (Wildman–Crippen LogP) is 3.82. The molecule has 0 amide bonds. The average molecular weight is 348 g/mol. The quantitative estimate of drug-likeness (QED) is 0.521. The van der Waals surface area contributed by atoms with Gasteiger partial charge >= 0.3 is 0 Å². The van der Waals surface area contributed by atoms with E-state index in [2.05, 4.69) is 22.0 Å². The zero-order valence-electron chi connectivity index (χ0n) is 14.9. The van der Waals surface area contributed by atoms with Gasteiger partial charge in [0, 0.05) is 12.6 Å². The predicted molar refractivity (Wildman–Crippen MR) is 102 cm³/mol. The molecule has 26 heavy (non-hydrogen) atoms. The zero-order chi connectivity index (χ0) is 17.8. The van der Waals surface area contributed by atoms with Crippen molar-refractivity contribution in [2.24, 2.45) is 0 Å². The largest absolute Gasteiger partial charge is 0.341 e. The van der Waals surface area contributed by atoms with Gasteiger partial charge in [-0.25, -0.2) is 4.98 Å². The van der Waals surface area contributed by atoms with Crippen molar-refractivity contribution in [3.8, 4) is 0 Å². The van der Waals surface area contributed by atoms with Crippen LogP contribution in [0, 0.1) is 0 Å². The van der Waals surface area contributed by atoms with Gasteiger partial charge in [-0.05, 0) is 56.0 Å². The van der Waals surface area contributed by atoms with Crippen LogP contribution in [-0.4, -0.2) is 32.7 Å². The Morgan fingerprint density at radius 2 is 2.15 bits per heavy atom. The molecule has 0 unspecified atom stereocenters. The summed E-state index contributed by atoms with van der Waals surface area (Å²) in [5.74, 6) is 0.973. The number of fused-ring (bicyclic) bond motifs is 2. The summed E-state index contributed by atoms with van der Waals surface area (Å²) < 4.78 is 0. The Kier molecular flexibility index (Phi) is 5.07. The number of pyridine rings is 1. The number of aldehydes is 1. The molecular formula is C21H24N4O. The highest BCUT2D eigenvalue weighted by atomic mass is 16.1. The lowest BCUT2D eigenvalue weighted by Gasteiger charge is -2.34. The second-order valence-electron chi connectivity index (χ2n) is 6.94. The van der Waals surface area contributed by atoms with Crippen LogP contribution >= 0.6 is 0 Å². The highest BCUT2D eigenvalue weighted by Gasteiger charge is 2.27. The van der Waals surface area contributed by atoms with E-state index in [0.717, 1.165) is 55.5 Å². The van der Waals surface area contributed by atoms with Gasteiger partial charge in [-0.15, -0.1) is 0 Å². The summed E-state index contributed by atoms with van der Waals surface area (Å²) in [7, 11) is 0. The smallest absolute Gasteiger partial charge is 0.121 e. The molecule has 5 heteroatoms. The topological polar surface area (TPSA) is 61.9 Å². The van der Waals surface area contributed by atoms with Crippen LogP contribution in [0.2, 0.25) is 0 Å². The van der Waals surface area contributed by atoms with E-state index in [1.54, 1.807) is 0 Å². The Morgan fingerprint density at radius 1 is 1.23 bits per heavy atom. The molecule has 0 aliphatic heterocycles. The summed E-state index contributed by atoms with van der Waals surface area (Å²) in [6.45, 7) is 1.62. The molecule has 1 aliphatic rings. The first-order chi connectivity index (χ1) is 12.8. The van der Waals surface area contributed by atoms with Gasteiger partial charge < -0.3 is 9.78 Å². The first-order valence-electron chi connectivity index (χ1n) is 9.40. The van der Waals surface area contributed by atoms with E-state index in [4.69, 9.17) is 9.97 Å². The Balaban J connectivity index is 1.61. The van der Waals surface area contributed by atoms with Gasteiger partial charge in [0.25, 0.3) is 0 Å². The normalized spacial score (nSPS) is 16.7. The molecule has 1 aromatic carbocycles. The maximum Gasteiger partial charge on any atom is 0.121 e. The van der Waals surface area contributed by atoms with Crippen LogP contribution in [0.4, 0.5) is 0 Å². The number of hydrogen-bond donors (Lipinski definition) is 1. The van der Waals surface area contributed by atoms with Crippen LogP contribution in [0.15, 0.2) is 42.6 Å². The molecule has 2 aromatic heterocycles. The van der Waals surface area contributed by atoms with Crippen LogP contribution in [0.3, 0.4) is 0 Å². The molecule has 3 aromatic rings. The molecule has 0 saturated heterocycles. The van der Waals surface area contributed by atoms with Crippen molar-refractivity contribution in [3.05, 3.63) is 59.7 Å². The minimum atomic E-state index is 0.291. The molecule has 0 bridgehead atoms. The lowest BCUT2D eigenvalue weighted by molar-refractivity contribution is -0.108. The molecular weight excluding hydrogens is 324 g/mol.